The fourth-order valence-corrected chi connectivity index (χ4v) is 1.81. The lowest BCUT2D eigenvalue weighted by Gasteiger charge is -2.23. The molecule has 14 heavy (non-hydrogen) atoms. The van der Waals surface area contributed by atoms with E-state index in [1.165, 1.54) is 0 Å². The molecule has 1 aliphatic carbocycles. The van der Waals surface area contributed by atoms with Crippen LogP contribution in [-0.2, 0) is 5.60 Å². The normalized spacial score (nSPS) is 20.2. The Morgan fingerprint density at radius 1 is 1.29 bits per heavy atom. The maximum absolute atomic E-state index is 10.2. The average Bonchev–Trinajstić information content (AvgIpc) is 3.01. The minimum Gasteiger partial charge on any atom is -0.497 e. The molecule has 0 aliphatic heterocycles. The molecular formula is C12H16O2. The van der Waals surface area contributed by atoms with Gasteiger partial charge in [-0.25, -0.2) is 0 Å². The lowest BCUT2D eigenvalue weighted by molar-refractivity contribution is 0.0330. The molecule has 1 aromatic rings. The zero-order chi connectivity index (χ0) is 10.2. The van der Waals surface area contributed by atoms with Gasteiger partial charge in [-0.05, 0) is 43.4 Å². The van der Waals surface area contributed by atoms with E-state index >= 15 is 0 Å². The molecule has 0 heterocycles. The molecule has 1 aliphatic rings. The predicted octanol–water partition coefficient (Wildman–Crippen LogP) is 2.31. The Morgan fingerprint density at radius 2 is 1.86 bits per heavy atom. The molecule has 0 aromatic heterocycles. The number of hydrogen-bond acceptors (Lipinski definition) is 2. The lowest BCUT2D eigenvalue weighted by atomic mass is 9.91. The Balaban J connectivity index is 2.23. The summed E-state index contributed by atoms with van der Waals surface area (Å²) in [5, 5.41) is 10.2. The quantitative estimate of drug-likeness (QED) is 0.796. The molecule has 0 unspecified atom stereocenters. The third-order valence-corrected chi connectivity index (χ3v) is 3.05. The Kier molecular flexibility index (Phi) is 2.23. The number of benzene rings is 1. The van der Waals surface area contributed by atoms with Crippen LogP contribution in [0.25, 0.3) is 0 Å². The second-order valence-corrected chi connectivity index (χ2v) is 4.15. The van der Waals surface area contributed by atoms with Crippen LogP contribution in [0.1, 0.15) is 25.3 Å². The van der Waals surface area contributed by atoms with Gasteiger partial charge in [0.05, 0.1) is 12.7 Å². The third-order valence-electron chi connectivity index (χ3n) is 3.05. The minimum atomic E-state index is -0.660. The van der Waals surface area contributed by atoms with Gasteiger partial charge in [0.2, 0.25) is 0 Å². The van der Waals surface area contributed by atoms with Crippen molar-refractivity contribution in [2.75, 3.05) is 7.11 Å². The summed E-state index contributed by atoms with van der Waals surface area (Å²) in [7, 11) is 1.65. The molecule has 1 aromatic carbocycles. The van der Waals surface area contributed by atoms with Crippen molar-refractivity contribution in [1.82, 2.24) is 0 Å². The first kappa shape index (κ1) is 9.53. The first-order chi connectivity index (χ1) is 6.64. The summed E-state index contributed by atoms with van der Waals surface area (Å²) in [6.07, 6.45) is 2.28. The van der Waals surface area contributed by atoms with Crippen molar-refractivity contribution >= 4 is 0 Å². The van der Waals surface area contributed by atoms with Gasteiger partial charge in [0.1, 0.15) is 5.75 Å². The molecule has 0 radical (unpaired) electrons. The molecule has 0 saturated heterocycles. The van der Waals surface area contributed by atoms with E-state index < -0.39 is 5.60 Å². The second-order valence-electron chi connectivity index (χ2n) is 4.15. The largest absolute Gasteiger partial charge is 0.497 e. The van der Waals surface area contributed by atoms with Crippen LogP contribution in [0.5, 0.6) is 5.75 Å². The van der Waals surface area contributed by atoms with Gasteiger partial charge in [0, 0.05) is 0 Å². The molecule has 2 heteroatoms. The highest BCUT2D eigenvalue weighted by Crippen LogP contribution is 2.45. The van der Waals surface area contributed by atoms with Crippen molar-refractivity contribution < 1.29 is 9.84 Å². The lowest BCUT2D eigenvalue weighted by Crippen LogP contribution is -2.23. The van der Waals surface area contributed by atoms with Crippen molar-refractivity contribution in [3.8, 4) is 5.75 Å². The van der Waals surface area contributed by atoms with Gasteiger partial charge in [-0.3, -0.25) is 0 Å². The number of methoxy groups -OCH3 is 1. The molecular weight excluding hydrogens is 176 g/mol. The molecule has 2 nitrogen and oxygen atoms in total. The first-order valence-electron chi connectivity index (χ1n) is 5.01. The highest BCUT2D eigenvalue weighted by molar-refractivity contribution is 5.31. The van der Waals surface area contributed by atoms with Crippen LogP contribution in [-0.4, -0.2) is 12.2 Å². The van der Waals surface area contributed by atoms with Crippen LogP contribution >= 0.6 is 0 Å². The van der Waals surface area contributed by atoms with Gasteiger partial charge in [-0.15, -0.1) is 0 Å². The van der Waals surface area contributed by atoms with Crippen molar-refractivity contribution in [1.29, 1.82) is 0 Å². The van der Waals surface area contributed by atoms with Gasteiger partial charge in [-0.1, -0.05) is 12.1 Å². The van der Waals surface area contributed by atoms with Crippen LogP contribution in [0.4, 0.5) is 0 Å². The van der Waals surface area contributed by atoms with E-state index in [1.807, 2.05) is 31.2 Å². The van der Waals surface area contributed by atoms with Crippen LogP contribution < -0.4 is 4.74 Å². The zero-order valence-electron chi connectivity index (χ0n) is 8.66. The van der Waals surface area contributed by atoms with Gasteiger partial charge >= 0.3 is 0 Å². The zero-order valence-corrected chi connectivity index (χ0v) is 8.66. The van der Waals surface area contributed by atoms with Crippen LogP contribution in [0.15, 0.2) is 24.3 Å². The van der Waals surface area contributed by atoms with E-state index in [9.17, 15) is 5.11 Å². The number of hydrogen-bond donors (Lipinski definition) is 1. The smallest absolute Gasteiger partial charge is 0.118 e. The molecule has 0 bridgehead atoms. The highest BCUT2D eigenvalue weighted by atomic mass is 16.5. The SMILES string of the molecule is COc1ccc([C@](C)(O)C2CC2)cc1. The summed E-state index contributed by atoms with van der Waals surface area (Å²) in [6.45, 7) is 1.90. The maximum Gasteiger partial charge on any atom is 0.118 e. The fourth-order valence-electron chi connectivity index (χ4n) is 1.81. The van der Waals surface area contributed by atoms with E-state index in [0.29, 0.717) is 5.92 Å². The predicted molar refractivity (Wildman–Crippen MR) is 55.3 cm³/mol. The summed E-state index contributed by atoms with van der Waals surface area (Å²) in [4.78, 5) is 0. The van der Waals surface area contributed by atoms with E-state index in [2.05, 4.69) is 0 Å². The van der Waals surface area contributed by atoms with Gasteiger partial charge < -0.3 is 9.84 Å². The van der Waals surface area contributed by atoms with Gasteiger partial charge in [0.15, 0.2) is 0 Å². The van der Waals surface area contributed by atoms with E-state index in [0.717, 1.165) is 24.2 Å². The molecule has 2 rings (SSSR count). The van der Waals surface area contributed by atoms with Crippen molar-refractivity contribution in [2.45, 2.75) is 25.4 Å². The molecule has 1 N–H and O–H groups in total. The van der Waals surface area contributed by atoms with E-state index in [-0.39, 0.29) is 0 Å². The molecule has 0 amide bonds. The Hall–Kier alpha value is -1.02. The van der Waals surface area contributed by atoms with Crippen molar-refractivity contribution in [3.05, 3.63) is 29.8 Å². The Morgan fingerprint density at radius 3 is 2.29 bits per heavy atom. The summed E-state index contributed by atoms with van der Waals surface area (Å²) < 4.78 is 5.08. The van der Waals surface area contributed by atoms with Crippen molar-refractivity contribution in [3.63, 3.8) is 0 Å². The third kappa shape index (κ3) is 1.62. The average molecular weight is 192 g/mol. The first-order valence-corrected chi connectivity index (χ1v) is 5.01. The van der Waals surface area contributed by atoms with Crippen LogP contribution in [0, 0.1) is 5.92 Å². The number of aliphatic hydroxyl groups is 1. The second kappa shape index (κ2) is 3.28. The minimum absolute atomic E-state index is 0.441. The topological polar surface area (TPSA) is 29.5 Å². The summed E-state index contributed by atoms with van der Waals surface area (Å²) in [5.74, 6) is 1.27. The van der Waals surface area contributed by atoms with Gasteiger partial charge in [-0.2, -0.15) is 0 Å². The standard InChI is InChI=1S/C12H16O2/c1-12(13,9-3-4-9)10-5-7-11(14-2)8-6-10/h5-9,13H,3-4H2,1-2H3/t12-/m1/s1. The molecule has 1 saturated carbocycles. The van der Waals surface area contributed by atoms with E-state index in [1.54, 1.807) is 7.11 Å². The molecule has 0 spiro atoms. The maximum atomic E-state index is 10.2. The van der Waals surface area contributed by atoms with E-state index in [4.69, 9.17) is 4.74 Å². The van der Waals surface area contributed by atoms with Gasteiger partial charge in [0.25, 0.3) is 0 Å². The fraction of sp³-hybridized carbons (Fsp3) is 0.500. The van der Waals surface area contributed by atoms with Crippen LogP contribution in [0.2, 0.25) is 0 Å². The summed E-state index contributed by atoms with van der Waals surface area (Å²) >= 11 is 0. The molecule has 1 atom stereocenters. The Labute approximate surface area is 84.5 Å². The number of ether oxygens (including phenoxy) is 1. The monoisotopic (exact) mass is 192 g/mol. The summed E-state index contributed by atoms with van der Waals surface area (Å²) in [5.41, 5.74) is 0.326. The van der Waals surface area contributed by atoms with Crippen LogP contribution in [0.3, 0.4) is 0 Å². The molecule has 76 valence electrons. The van der Waals surface area contributed by atoms with Crippen molar-refractivity contribution in [2.24, 2.45) is 5.92 Å². The highest BCUT2D eigenvalue weighted by Gasteiger charge is 2.40. The summed E-state index contributed by atoms with van der Waals surface area (Å²) in [6, 6.07) is 7.67. The molecule has 1 fully saturated rings. The Bertz CT molecular complexity index is 310. The number of rotatable bonds is 3.